The molecule has 5 aliphatic carbocycles. The maximum atomic E-state index is 12.1. The minimum atomic E-state index is -0.913. The van der Waals surface area contributed by atoms with Crippen molar-refractivity contribution in [2.45, 2.75) is 108 Å². The quantitative estimate of drug-likeness (QED) is 0.618. The van der Waals surface area contributed by atoms with Crippen LogP contribution in [-0.2, 0) is 23.0 Å². The first-order valence-corrected chi connectivity index (χ1v) is 13.6. The van der Waals surface area contributed by atoms with Crippen LogP contribution < -0.4 is 10.1 Å². The molecule has 5 heteroatoms. The minimum Gasteiger partial charge on any atom is -0.504 e. The van der Waals surface area contributed by atoms with E-state index in [9.17, 15) is 10.2 Å². The predicted molar refractivity (Wildman–Crippen MR) is 130 cm³/mol. The summed E-state index contributed by atoms with van der Waals surface area (Å²) in [6, 6.07) is 2.39. The van der Waals surface area contributed by atoms with Gasteiger partial charge in [0.2, 0.25) is 0 Å². The average molecular weight is 468 g/mol. The van der Waals surface area contributed by atoms with E-state index in [1.54, 1.807) is 0 Å². The van der Waals surface area contributed by atoms with Crippen molar-refractivity contribution < 1.29 is 19.7 Å². The lowest BCUT2D eigenvalue weighted by Crippen LogP contribution is -2.83. The van der Waals surface area contributed by atoms with Crippen LogP contribution in [-0.4, -0.2) is 47.2 Å². The summed E-state index contributed by atoms with van der Waals surface area (Å²) in [5.74, 6) is 1.77. The minimum absolute atomic E-state index is 0.0129. The van der Waals surface area contributed by atoms with E-state index >= 15 is 0 Å². The Bertz CT molecular complexity index is 1070. The summed E-state index contributed by atoms with van der Waals surface area (Å²) in [6.07, 6.45) is 8.45. The molecular formula is C29H41NO4. The molecule has 34 heavy (non-hydrogen) atoms. The van der Waals surface area contributed by atoms with E-state index in [4.69, 9.17) is 9.47 Å². The van der Waals surface area contributed by atoms with Crippen molar-refractivity contribution in [3.05, 3.63) is 22.8 Å². The number of rotatable bonds is 4. The second-order valence-corrected chi connectivity index (χ2v) is 13.8. The number of aliphatic hydroxyl groups is 1. The van der Waals surface area contributed by atoms with Gasteiger partial charge in [-0.2, -0.15) is 0 Å². The van der Waals surface area contributed by atoms with Gasteiger partial charge in [0, 0.05) is 35.5 Å². The number of hydrogen-bond donors (Lipinski definition) is 3. The molecule has 186 valence electrons. The van der Waals surface area contributed by atoms with Crippen LogP contribution in [0.4, 0.5) is 0 Å². The van der Waals surface area contributed by atoms with Gasteiger partial charge in [0.05, 0.1) is 5.60 Å². The van der Waals surface area contributed by atoms with Crippen LogP contribution in [0, 0.1) is 22.7 Å². The fraction of sp³-hybridized carbons (Fsp3) is 0.793. The van der Waals surface area contributed by atoms with E-state index in [0.29, 0.717) is 11.8 Å². The highest BCUT2D eigenvalue weighted by Crippen LogP contribution is 2.77. The van der Waals surface area contributed by atoms with E-state index in [0.717, 1.165) is 56.7 Å². The van der Waals surface area contributed by atoms with Crippen molar-refractivity contribution in [3.63, 3.8) is 0 Å². The van der Waals surface area contributed by atoms with E-state index in [1.165, 1.54) is 29.5 Å². The predicted octanol–water partition coefficient (Wildman–Crippen LogP) is 4.24. The molecule has 3 N–H and O–H groups in total. The van der Waals surface area contributed by atoms with Crippen molar-refractivity contribution in [2.24, 2.45) is 22.7 Å². The summed E-state index contributed by atoms with van der Waals surface area (Å²) >= 11 is 0. The first kappa shape index (κ1) is 21.9. The molecule has 4 bridgehead atoms. The lowest BCUT2D eigenvalue weighted by atomic mass is 9.33. The molecule has 2 spiro atoms. The van der Waals surface area contributed by atoms with Crippen LogP contribution in [0.5, 0.6) is 11.5 Å². The van der Waals surface area contributed by atoms with Crippen molar-refractivity contribution >= 4 is 0 Å². The molecule has 1 saturated heterocycles. The first-order chi connectivity index (χ1) is 16.0. The summed E-state index contributed by atoms with van der Waals surface area (Å²) in [6.45, 7) is 9.42. The van der Waals surface area contributed by atoms with Gasteiger partial charge in [-0.1, -0.05) is 20.8 Å². The third kappa shape index (κ3) is 2.25. The molecule has 2 heterocycles. The van der Waals surface area contributed by atoms with Crippen LogP contribution in [0.25, 0.3) is 0 Å². The lowest BCUT2D eigenvalue weighted by molar-refractivity contribution is -0.303. The Morgan fingerprint density at radius 1 is 1.18 bits per heavy atom. The Labute approximate surface area is 203 Å². The molecule has 5 fully saturated rings. The smallest absolute Gasteiger partial charge is 0.165 e. The number of methoxy groups -OCH3 is 1. The van der Waals surface area contributed by atoms with Gasteiger partial charge >= 0.3 is 0 Å². The Hall–Kier alpha value is -1.30. The van der Waals surface area contributed by atoms with Crippen molar-refractivity contribution in [1.29, 1.82) is 0 Å². The van der Waals surface area contributed by atoms with Crippen LogP contribution in [0.15, 0.2) is 6.07 Å². The Morgan fingerprint density at radius 3 is 2.62 bits per heavy atom. The molecule has 0 unspecified atom stereocenters. The highest BCUT2D eigenvalue weighted by molar-refractivity contribution is 5.65. The van der Waals surface area contributed by atoms with Gasteiger partial charge in [0.15, 0.2) is 11.5 Å². The molecule has 8 rings (SSSR count). The van der Waals surface area contributed by atoms with Crippen LogP contribution in [0.2, 0.25) is 0 Å². The van der Waals surface area contributed by atoms with E-state index in [2.05, 4.69) is 26.1 Å². The largest absolute Gasteiger partial charge is 0.504 e. The van der Waals surface area contributed by atoms with Gasteiger partial charge in [0.25, 0.3) is 0 Å². The number of nitrogens with one attached hydrogen (secondary N) is 1. The zero-order valence-corrected chi connectivity index (χ0v) is 21.5. The maximum Gasteiger partial charge on any atom is 0.165 e. The molecule has 1 aromatic carbocycles. The number of phenols is 1. The molecule has 5 nitrogen and oxygen atoms in total. The molecule has 1 aromatic rings. The molecule has 2 aliphatic heterocycles. The van der Waals surface area contributed by atoms with Gasteiger partial charge in [-0.3, -0.25) is 0 Å². The molecule has 0 amide bonds. The number of fused-ring (bicyclic) bond motifs is 2. The van der Waals surface area contributed by atoms with E-state index in [-0.39, 0.29) is 28.3 Å². The van der Waals surface area contributed by atoms with E-state index in [1.807, 2.05) is 20.1 Å². The summed E-state index contributed by atoms with van der Waals surface area (Å²) in [7, 11) is 1.83. The monoisotopic (exact) mass is 467 g/mol. The van der Waals surface area contributed by atoms with Crippen LogP contribution in [0.3, 0.4) is 0 Å². The Morgan fingerprint density at radius 2 is 1.94 bits per heavy atom. The summed E-state index contributed by atoms with van der Waals surface area (Å²) in [5, 5.41) is 27.4. The van der Waals surface area contributed by atoms with Crippen LogP contribution in [0.1, 0.15) is 82.9 Å². The van der Waals surface area contributed by atoms with Gasteiger partial charge in [-0.15, -0.1) is 0 Å². The molecular weight excluding hydrogens is 426 g/mol. The Kier molecular flexibility index (Phi) is 4.08. The van der Waals surface area contributed by atoms with Crippen LogP contribution >= 0.6 is 0 Å². The average Bonchev–Trinajstić information content (AvgIpc) is 3.51. The summed E-state index contributed by atoms with van der Waals surface area (Å²) in [5.41, 5.74) is 2.19. The highest BCUT2D eigenvalue weighted by Gasteiger charge is 2.81. The molecule has 0 radical (unpaired) electrons. The van der Waals surface area contributed by atoms with Gasteiger partial charge in [-0.25, -0.2) is 0 Å². The molecule has 0 aromatic heterocycles. The number of benzene rings is 1. The standard InChI is InChI=1S/C29H41NO4/c1-25(2,3)26(4,32)20-15-27-8-9-29(20,33-5)24-28(27)10-11-30-21(27)14-18-17(12-16-6-7-16)13-19(31)23(34-24)22(18)28/h13,16,20-21,24,30-32H,6-12,14-15H2,1-5H3/t20-,21-,24-,26+,27-,28+,29-/m1/s1. The zero-order valence-electron chi connectivity index (χ0n) is 21.5. The number of aromatic hydroxyl groups is 1. The maximum absolute atomic E-state index is 12.1. The number of ether oxygens (including phenoxy) is 2. The SMILES string of the molecule is CO[C@]12CC[C@@]3(C[C@@H]1[C@](C)(O)C(C)(C)C)[C@H]1Cc4c(CC5CC5)cc(O)c5c4[C@@]3(CCN1)[C@H]2O5. The topological polar surface area (TPSA) is 71.0 Å². The highest BCUT2D eigenvalue weighted by atomic mass is 16.6. The van der Waals surface area contributed by atoms with Gasteiger partial charge in [-0.05, 0) is 93.4 Å². The zero-order chi connectivity index (χ0) is 23.9. The fourth-order valence-corrected chi connectivity index (χ4v) is 9.50. The number of phenolic OH excluding ortho intramolecular Hbond substituents is 1. The lowest BCUT2D eigenvalue weighted by Gasteiger charge is -2.74. The second-order valence-electron chi connectivity index (χ2n) is 13.8. The normalized spacial score (nSPS) is 43.3. The Balaban J connectivity index is 1.48. The molecule has 7 aliphatic rings. The van der Waals surface area contributed by atoms with Gasteiger partial charge < -0.3 is 25.0 Å². The number of hydrogen-bond acceptors (Lipinski definition) is 5. The third-order valence-electron chi connectivity index (χ3n) is 11.8. The second kappa shape index (κ2) is 6.33. The number of piperidine rings is 1. The summed E-state index contributed by atoms with van der Waals surface area (Å²) < 4.78 is 13.5. The van der Waals surface area contributed by atoms with Crippen molar-refractivity contribution in [1.82, 2.24) is 5.32 Å². The summed E-state index contributed by atoms with van der Waals surface area (Å²) in [4.78, 5) is 0. The van der Waals surface area contributed by atoms with Crippen molar-refractivity contribution in [3.8, 4) is 11.5 Å². The molecule has 7 atom stereocenters. The first-order valence-electron chi connectivity index (χ1n) is 13.6. The molecule has 4 saturated carbocycles. The fourth-order valence-electron chi connectivity index (χ4n) is 9.50. The van der Waals surface area contributed by atoms with Gasteiger partial charge in [0.1, 0.15) is 11.7 Å². The third-order valence-corrected chi connectivity index (χ3v) is 11.8. The van der Waals surface area contributed by atoms with E-state index < -0.39 is 11.2 Å². The van der Waals surface area contributed by atoms with Crippen molar-refractivity contribution in [2.75, 3.05) is 13.7 Å².